The Labute approximate surface area is 96.5 Å². The number of carboxylic acids is 1. The van der Waals surface area contributed by atoms with Crippen LogP contribution in [-0.4, -0.2) is 16.1 Å². The smallest absolute Gasteiger partial charge is 0.307 e. The number of carboxylic acid groups (broad SMARTS) is 1. The maximum atomic E-state index is 12.5. The average molecular weight is 329 g/mol. The molecule has 82 valence electrons. The maximum absolute atomic E-state index is 12.5. The monoisotopic (exact) mass is 329 g/mol. The molecule has 1 rings (SSSR count). The number of hydrogen-bond acceptors (Lipinski definition) is 2. The number of carbonyl (C=O) groups is 1. The standard InChI is InChI=1S/C8H6F2INO3/c9-7(10)6-3(1-5(13)14)4(11)2-12-8(6)15/h2,7H,1H2,(H,12,15)(H,13,14). The summed E-state index contributed by atoms with van der Waals surface area (Å²) in [5, 5.41) is 8.53. The van der Waals surface area contributed by atoms with E-state index in [1.807, 2.05) is 0 Å². The normalized spacial score (nSPS) is 10.7. The molecule has 0 bridgehead atoms. The van der Waals surface area contributed by atoms with Crippen molar-refractivity contribution in [3.63, 3.8) is 0 Å². The lowest BCUT2D eigenvalue weighted by Crippen LogP contribution is -2.19. The summed E-state index contributed by atoms with van der Waals surface area (Å²) in [5.74, 6) is -1.25. The van der Waals surface area contributed by atoms with Gasteiger partial charge in [0.1, 0.15) is 0 Å². The maximum Gasteiger partial charge on any atom is 0.307 e. The Morgan fingerprint density at radius 3 is 2.67 bits per heavy atom. The highest BCUT2D eigenvalue weighted by Gasteiger charge is 2.21. The molecular formula is C8H6F2INO3. The Bertz CT molecular complexity index is 444. The number of alkyl halides is 2. The second-order valence-electron chi connectivity index (χ2n) is 2.73. The van der Waals surface area contributed by atoms with Gasteiger partial charge in [0, 0.05) is 9.77 Å². The van der Waals surface area contributed by atoms with Crippen LogP contribution < -0.4 is 5.56 Å². The van der Waals surface area contributed by atoms with E-state index >= 15 is 0 Å². The first-order chi connectivity index (χ1) is 6.93. The number of nitrogens with one attached hydrogen (secondary N) is 1. The molecule has 7 heteroatoms. The quantitative estimate of drug-likeness (QED) is 0.827. The number of aromatic nitrogens is 1. The molecule has 0 spiro atoms. The zero-order valence-corrected chi connectivity index (χ0v) is 9.42. The summed E-state index contributed by atoms with van der Waals surface area (Å²) in [4.78, 5) is 23.7. The van der Waals surface area contributed by atoms with Gasteiger partial charge >= 0.3 is 5.97 Å². The fourth-order valence-electron chi connectivity index (χ4n) is 1.12. The van der Waals surface area contributed by atoms with Crippen LogP contribution in [0, 0.1) is 3.57 Å². The number of aromatic amines is 1. The molecular weight excluding hydrogens is 323 g/mol. The van der Waals surface area contributed by atoms with Crippen LogP contribution in [-0.2, 0) is 11.2 Å². The minimum absolute atomic E-state index is 0.123. The topological polar surface area (TPSA) is 70.2 Å². The Morgan fingerprint density at radius 2 is 2.20 bits per heavy atom. The lowest BCUT2D eigenvalue weighted by atomic mass is 10.1. The number of H-pyrrole nitrogens is 1. The van der Waals surface area contributed by atoms with E-state index in [1.165, 1.54) is 6.20 Å². The third kappa shape index (κ3) is 2.74. The summed E-state index contributed by atoms with van der Waals surface area (Å²) in [6.45, 7) is 0. The van der Waals surface area contributed by atoms with E-state index in [9.17, 15) is 18.4 Å². The van der Waals surface area contributed by atoms with Crippen LogP contribution in [0.1, 0.15) is 17.6 Å². The number of aliphatic carboxylic acids is 1. The van der Waals surface area contributed by atoms with Crippen LogP contribution >= 0.6 is 22.6 Å². The van der Waals surface area contributed by atoms with Crippen molar-refractivity contribution in [2.24, 2.45) is 0 Å². The molecule has 0 aliphatic heterocycles. The van der Waals surface area contributed by atoms with Crippen LogP contribution in [0.15, 0.2) is 11.0 Å². The first-order valence-corrected chi connectivity index (χ1v) is 4.91. The van der Waals surface area contributed by atoms with Crippen molar-refractivity contribution in [1.29, 1.82) is 0 Å². The van der Waals surface area contributed by atoms with Gasteiger partial charge in [0.15, 0.2) is 0 Å². The van der Waals surface area contributed by atoms with Gasteiger partial charge in [0.25, 0.3) is 12.0 Å². The molecule has 0 aliphatic carbocycles. The third-order valence-electron chi connectivity index (χ3n) is 1.73. The van der Waals surface area contributed by atoms with Crippen molar-refractivity contribution < 1.29 is 18.7 Å². The van der Waals surface area contributed by atoms with Crippen LogP contribution in [0.2, 0.25) is 0 Å². The average Bonchev–Trinajstić information content (AvgIpc) is 2.10. The molecule has 0 radical (unpaired) electrons. The van der Waals surface area contributed by atoms with Gasteiger partial charge in [-0.3, -0.25) is 9.59 Å². The van der Waals surface area contributed by atoms with Crippen molar-refractivity contribution in [1.82, 2.24) is 4.98 Å². The summed E-state index contributed by atoms with van der Waals surface area (Å²) < 4.78 is 25.3. The van der Waals surface area contributed by atoms with Gasteiger partial charge in [-0.05, 0) is 28.2 Å². The number of hydrogen-bond donors (Lipinski definition) is 2. The van der Waals surface area contributed by atoms with Crippen LogP contribution in [0.3, 0.4) is 0 Å². The number of rotatable bonds is 3. The van der Waals surface area contributed by atoms with E-state index in [0.29, 0.717) is 3.57 Å². The van der Waals surface area contributed by atoms with Gasteiger partial charge < -0.3 is 10.1 Å². The molecule has 0 aliphatic rings. The molecule has 0 aromatic carbocycles. The summed E-state index contributed by atoms with van der Waals surface area (Å²) in [7, 11) is 0. The lowest BCUT2D eigenvalue weighted by molar-refractivity contribution is -0.136. The molecule has 4 nitrogen and oxygen atoms in total. The SMILES string of the molecule is O=C(O)Cc1c(I)c[nH]c(=O)c1C(F)F. The van der Waals surface area contributed by atoms with Crippen molar-refractivity contribution >= 4 is 28.6 Å². The Hall–Kier alpha value is -0.990. The summed E-state index contributed by atoms with van der Waals surface area (Å²) in [6.07, 6.45) is -2.34. The molecule has 1 aromatic rings. The molecule has 0 saturated carbocycles. The van der Waals surface area contributed by atoms with E-state index < -0.39 is 29.9 Å². The second-order valence-corrected chi connectivity index (χ2v) is 3.89. The third-order valence-corrected chi connectivity index (χ3v) is 2.70. The van der Waals surface area contributed by atoms with Gasteiger partial charge in [-0.25, -0.2) is 8.78 Å². The van der Waals surface area contributed by atoms with Crippen molar-refractivity contribution in [2.45, 2.75) is 12.8 Å². The Balaban J connectivity index is 3.38. The summed E-state index contributed by atoms with van der Waals surface area (Å²) >= 11 is 1.70. The van der Waals surface area contributed by atoms with E-state index in [0.717, 1.165) is 0 Å². The predicted octanol–water partition coefficient (Wildman–Crippen LogP) is 1.54. The summed E-state index contributed by atoms with van der Waals surface area (Å²) in [5.41, 5.74) is -1.83. The van der Waals surface area contributed by atoms with Crippen LogP contribution in [0.5, 0.6) is 0 Å². The minimum atomic E-state index is -2.97. The van der Waals surface area contributed by atoms with E-state index in [4.69, 9.17) is 5.11 Å². The van der Waals surface area contributed by atoms with Gasteiger partial charge in [0.05, 0.1) is 12.0 Å². The molecule has 0 unspecified atom stereocenters. The zero-order valence-electron chi connectivity index (χ0n) is 7.26. The highest BCUT2D eigenvalue weighted by atomic mass is 127. The van der Waals surface area contributed by atoms with Gasteiger partial charge in [-0.1, -0.05) is 0 Å². The summed E-state index contributed by atoms with van der Waals surface area (Å²) in [6, 6.07) is 0. The van der Waals surface area contributed by atoms with Gasteiger partial charge in [0.2, 0.25) is 0 Å². The van der Waals surface area contributed by atoms with Crippen molar-refractivity contribution in [2.75, 3.05) is 0 Å². The largest absolute Gasteiger partial charge is 0.481 e. The molecule has 15 heavy (non-hydrogen) atoms. The first-order valence-electron chi connectivity index (χ1n) is 3.83. The highest BCUT2D eigenvalue weighted by molar-refractivity contribution is 14.1. The van der Waals surface area contributed by atoms with E-state index in [2.05, 4.69) is 4.98 Å². The van der Waals surface area contributed by atoms with Crippen LogP contribution in [0.4, 0.5) is 8.78 Å². The van der Waals surface area contributed by atoms with Crippen LogP contribution in [0.25, 0.3) is 0 Å². The molecule has 1 aromatic heterocycles. The first kappa shape index (κ1) is 12.1. The highest BCUT2D eigenvalue weighted by Crippen LogP contribution is 2.23. The molecule has 0 fully saturated rings. The van der Waals surface area contributed by atoms with Gasteiger partial charge in [-0.15, -0.1) is 0 Å². The molecule has 0 amide bonds. The Kier molecular flexibility index (Phi) is 3.77. The molecule has 0 atom stereocenters. The molecule has 1 heterocycles. The van der Waals surface area contributed by atoms with E-state index in [-0.39, 0.29) is 5.56 Å². The number of pyridine rings is 1. The van der Waals surface area contributed by atoms with Gasteiger partial charge in [-0.2, -0.15) is 0 Å². The fraction of sp³-hybridized carbons (Fsp3) is 0.250. The molecule has 0 saturated heterocycles. The van der Waals surface area contributed by atoms with Crippen molar-refractivity contribution in [3.05, 3.63) is 31.2 Å². The van der Waals surface area contributed by atoms with E-state index in [1.54, 1.807) is 22.6 Å². The zero-order chi connectivity index (χ0) is 11.6. The predicted molar refractivity (Wildman–Crippen MR) is 56.1 cm³/mol. The second kappa shape index (κ2) is 4.69. The minimum Gasteiger partial charge on any atom is -0.481 e. The molecule has 2 N–H and O–H groups in total. The van der Waals surface area contributed by atoms with Crippen molar-refractivity contribution in [3.8, 4) is 0 Å². The Morgan fingerprint density at radius 1 is 1.60 bits per heavy atom. The number of halogens is 3. The fourth-order valence-corrected chi connectivity index (χ4v) is 1.76. The lowest BCUT2D eigenvalue weighted by Gasteiger charge is -2.07.